The Morgan fingerprint density at radius 2 is 1.80 bits per heavy atom. The fraction of sp³-hybridized carbons (Fsp3) is 0.250. The fourth-order valence-electron chi connectivity index (χ4n) is 2.11. The van der Waals surface area contributed by atoms with Gasteiger partial charge in [-0.3, -0.25) is 0 Å². The monoisotopic (exact) mass is 273 g/mol. The first kappa shape index (κ1) is 14.4. The fourth-order valence-corrected chi connectivity index (χ4v) is 2.11. The molecule has 0 radical (unpaired) electrons. The molecule has 0 spiro atoms. The molecule has 4 nitrogen and oxygen atoms in total. The summed E-state index contributed by atoms with van der Waals surface area (Å²) in [5.74, 6) is 0.292. The largest absolute Gasteiger partial charge is 0.508 e. The molecule has 0 heterocycles. The van der Waals surface area contributed by atoms with Crippen LogP contribution in [-0.4, -0.2) is 15.3 Å². The van der Waals surface area contributed by atoms with E-state index >= 15 is 0 Å². The highest BCUT2D eigenvalue weighted by molar-refractivity contribution is 5.40. The molecule has 1 unspecified atom stereocenters. The zero-order valence-electron chi connectivity index (χ0n) is 11.4. The number of aliphatic hydroxyl groups is 1. The summed E-state index contributed by atoms with van der Waals surface area (Å²) in [6.07, 6.45) is 0. The van der Waals surface area contributed by atoms with E-state index in [2.05, 4.69) is 5.32 Å². The van der Waals surface area contributed by atoms with Gasteiger partial charge in [-0.25, -0.2) is 0 Å². The van der Waals surface area contributed by atoms with Crippen molar-refractivity contribution in [3.8, 4) is 11.5 Å². The van der Waals surface area contributed by atoms with Crippen LogP contribution >= 0.6 is 0 Å². The van der Waals surface area contributed by atoms with Gasteiger partial charge < -0.3 is 20.6 Å². The zero-order valence-corrected chi connectivity index (χ0v) is 11.4. The van der Waals surface area contributed by atoms with E-state index in [4.69, 9.17) is 5.11 Å². The maximum Gasteiger partial charge on any atom is 0.120 e. The molecule has 2 aromatic carbocycles. The van der Waals surface area contributed by atoms with Gasteiger partial charge in [0.05, 0.1) is 6.61 Å². The van der Waals surface area contributed by atoms with Crippen LogP contribution in [0.3, 0.4) is 0 Å². The topological polar surface area (TPSA) is 72.7 Å². The highest BCUT2D eigenvalue weighted by Gasteiger charge is 2.10. The van der Waals surface area contributed by atoms with Crippen molar-refractivity contribution in [3.63, 3.8) is 0 Å². The van der Waals surface area contributed by atoms with Crippen LogP contribution in [0.1, 0.15) is 29.7 Å². The lowest BCUT2D eigenvalue weighted by Gasteiger charge is -2.16. The molecule has 0 amide bonds. The van der Waals surface area contributed by atoms with Gasteiger partial charge >= 0.3 is 0 Å². The van der Waals surface area contributed by atoms with E-state index in [9.17, 15) is 10.2 Å². The van der Waals surface area contributed by atoms with Gasteiger partial charge in [0, 0.05) is 18.2 Å². The van der Waals surface area contributed by atoms with Crippen LogP contribution in [0.2, 0.25) is 0 Å². The van der Waals surface area contributed by atoms with Crippen molar-refractivity contribution in [1.82, 2.24) is 5.32 Å². The summed E-state index contributed by atoms with van der Waals surface area (Å²) in [7, 11) is 0. The Morgan fingerprint density at radius 3 is 2.55 bits per heavy atom. The molecule has 0 bridgehead atoms. The molecule has 20 heavy (non-hydrogen) atoms. The summed E-state index contributed by atoms with van der Waals surface area (Å²) in [6.45, 7) is 2.56. The third-order valence-corrected chi connectivity index (χ3v) is 3.26. The van der Waals surface area contributed by atoms with Crippen molar-refractivity contribution in [2.24, 2.45) is 0 Å². The first-order chi connectivity index (χ1) is 9.60. The molecular formula is C16H19NO3. The van der Waals surface area contributed by atoms with Crippen LogP contribution in [-0.2, 0) is 13.2 Å². The first-order valence-electron chi connectivity index (χ1n) is 6.54. The van der Waals surface area contributed by atoms with Gasteiger partial charge in [-0.1, -0.05) is 24.3 Å². The minimum absolute atomic E-state index is 0.0245. The van der Waals surface area contributed by atoms with Gasteiger partial charge in [0.2, 0.25) is 0 Å². The average Bonchev–Trinajstić information content (AvgIpc) is 2.47. The normalized spacial score (nSPS) is 12.3. The van der Waals surface area contributed by atoms with Crippen molar-refractivity contribution in [1.29, 1.82) is 0 Å². The number of rotatable bonds is 5. The number of phenols is 2. The average molecular weight is 273 g/mol. The molecule has 0 fully saturated rings. The number of phenolic OH excluding ortho intramolecular Hbond substituents is 2. The number of hydrogen-bond acceptors (Lipinski definition) is 4. The quantitative estimate of drug-likeness (QED) is 0.631. The summed E-state index contributed by atoms with van der Waals surface area (Å²) in [5, 5.41) is 31.7. The van der Waals surface area contributed by atoms with Gasteiger partial charge in [-0.05, 0) is 36.2 Å². The van der Waals surface area contributed by atoms with Crippen molar-refractivity contribution in [2.45, 2.75) is 26.1 Å². The lowest BCUT2D eigenvalue weighted by Crippen LogP contribution is -2.18. The van der Waals surface area contributed by atoms with Crippen LogP contribution in [0.15, 0.2) is 42.5 Å². The van der Waals surface area contributed by atoms with Crippen molar-refractivity contribution < 1.29 is 15.3 Å². The second kappa shape index (κ2) is 6.41. The molecule has 0 saturated heterocycles. The molecule has 0 saturated carbocycles. The predicted molar refractivity (Wildman–Crippen MR) is 77.4 cm³/mol. The Morgan fingerprint density at radius 1 is 1.05 bits per heavy atom. The number of aromatic hydroxyl groups is 2. The van der Waals surface area contributed by atoms with Gasteiger partial charge in [0.1, 0.15) is 11.5 Å². The Bertz CT molecular complexity index is 584. The summed E-state index contributed by atoms with van der Waals surface area (Å²) < 4.78 is 0. The van der Waals surface area contributed by atoms with E-state index in [1.165, 1.54) is 12.1 Å². The van der Waals surface area contributed by atoms with Gasteiger partial charge in [-0.2, -0.15) is 0 Å². The summed E-state index contributed by atoms with van der Waals surface area (Å²) in [5.41, 5.74) is 2.59. The Kier molecular flexibility index (Phi) is 4.61. The minimum Gasteiger partial charge on any atom is -0.508 e. The van der Waals surface area contributed by atoms with E-state index in [0.29, 0.717) is 12.1 Å². The Labute approximate surface area is 118 Å². The highest BCUT2D eigenvalue weighted by Crippen LogP contribution is 2.27. The first-order valence-corrected chi connectivity index (χ1v) is 6.54. The molecule has 0 aliphatic rings. The van der Waals surface area contributed by atoms with Crippen LogP contribution < -0.4 is 5.32 Å². The number of hydrogen-bond donors (Lipinski definition) is 4. The van der Waals surface area contributed by atoms with Crippen molar-refractivity contribution in [3.05, 3.63) is 59.2 Å². The molecule has 2 aromatic rings. The molecule has 0 aromatic heterocycles. The second-order valence-electron chi connectivity index (χ2n) is 4.82. The maximum absolute atomic E-state index is 9.80. The van der Waals surface area contributed by atoms with Crippen LogP contribution in [0.5, 0.6) is 11.5 Å². The lowest BCUT2D eigenvalue weighted by atomic mass is 10.1. The highest BCUT2D eigenvalue weighted by atomic mass is 16.3. The minimum atomic E-state index is -0.0973. The maximum atomic E-state index is 9.80. The van der Waals surface area contributed by atoms with Crippen LogP contribution in [0.4, 0.5) is 0 Å². The molecule has 1 atom stereocenters. The van der Waals surface area contributed by atoms with Gasteiger partial charge in [0.15, 0.2) is 0 Å². The van der Waals surface area contributed by atoms with Crippen molar-refractivity contribution >= 4 is 0 Å². The third kappa shape index (κ3) is 3.50. The van der Waals surface area contributed by atoms with E-state index in [-0.39, 0.29) is 24.1 Å². The van der Waals surface area contributed by atoms with E-state index in [0.717, 1.165) is 11.1 Å². The summed E-state index contributed by atoms with van der Waals surface area (Å²) >= 11 is 0. The predicted octanol–water partition coefficient (Wildman–Crippen LogP) is 2.44. The number of benzene rings is 2. The van der Waals surface area contributed by atoms with E-state index in [1.807, 2.05) is 31.2 Å². The molecule has 4 heteroatoms. The van der Waals surface area contributed by atoms with E-state index < -0.39 is 0 Å². The molecule has 0 aliphatic carbocycles. The second-order valence-corrected chi connectivity index (χ2v) is 4.82. The molecule has 106 valence electrons. The van der Waals surface area contributed by atoms with Crippen molar-refractivity contribution in [2.75, 3.05) is 0 Å². The molecule has 4 N–H and O–H groups in total. The Hall–Kier alpha value is -2.04. The summed E-state index contributed by atoms with van der Waals surface area (Å²) in [6, 6.07) is 12.1. The SMILES string of the molecule is CC(NCc1cccc(CO)c1)c1cc(O)ccc1O. The summed E-state index contributed by atoms with van der Waals surface area (Å²) in [4.78, 5) is 0. The van der Waals surface area contributed by atoms with Crippen LogP contribution in [0.25, 0.3) is 0 Å². The van der Waals surface area contributed by atoms with Gasteiger partial charge in [0.25, 0.3) is 0 Å². The van der Waals surface area contributed by atoms with Crippen LogP contribution in [0, 0.1) is 0 Å². The smallest absolute Gasteiger partial charge is 0.120 e. The van der Waals surface area contributed by atoms with Gasteiger partial charge in [-0.15, -0.1) is 0 Å². The lowest BCUT2D eigenvalue weighted by molar-refractivity contribution is 0.281. The Balaban J connectivity index is 2.04. The molecule has 2 rings (SSSR count). The van der Waals surface area contributed by atoms with E-state index in [1.54, 1.807) is 6.07 Å². The molecular weight excluding hydrogens is 254 g/mol. The zero-order chi connectivity index (χ0) is 14.5. The standard InChI is InChI=1S/C16H19NO3/c1-11(15-8-14(19)5-6-16(15)20)17-9-12-3-2-4-13(7-12)10-18/h2-8,11,17-20H,9-10H2,1H3. The molecule has 0 aliphatic heterocycles. The number of nitrogens with one attached hydrogen (secondary N) is 1. The third-order valence-electron chi connectivity index (χ3n) is 3.26. The number of aliphatic hydroxyl groups excluding tert-OH is 1.